The molecule has 11 heteroatoms. The molecule has 1 N–H and O–H groups in total. The lowest BCUT2D eigenvalue weighted by Gasteiger charge is -2.33. The van der Waals surface area contributed by atoms with Crippen molar-refractivity contribution >= 4 is 63.2 Å². The van der Waals surface area contributed by atoms with Crippen LogP contribution in [0.3, 0.4) is 0 Å². The van der Waals surface area contributed by atoms with E-state index in [9.17, 15) is 14.9 Å². The first kappa shape index (κ1) is 28.9. The van der Waals surface area contributed by atoms with Crippen LogP contribution in [0.25, 0.3) is 0 Å². The predicted molar refractivity (Wildman–Crippen MR) is 165 cm³/mol. The number of nitrogens with zero attached hydrogens (tertiary/aromatic N) is 4. The minimum Gasteiger partial charge on any atom is -0.322 e. The second-order valence-electron chi connectivity index (χ2n) is 10.8. The highest BCUT2D eigenvalue weighted by molar-refractivity contribution is 7.99. The zero-order chi connectivity index (χ0) is 29.1. The summed E-state index contributed by atoms with van der Waals surface area (Å²) in [6, 6.07) is 13.3. The van der Waals surface area contributed by atoms with Crippen LogP contribution >= 0.6 is 34.7 Å². The van der Waals surface area contributed by atoms with Crippen LogP contribution in [0, 0.1) is 21.4 Å². The largest absolute Gasteiger partial charge is 0.322 e. The molecule has 0 fully saturated rings. The number of aliphatic imine (C=N–C) groups is 1. The lowest BCUT2D eigenvalue weighted by Crippen LogP contribution is -2.27. The molecule has 1 atom stereocenters. The number of rotatable bonds is 7. The molecule has 41 heavy (non-hydrogen) atoms. The van der Waals surface area contributed by atoms with Crippen molar-refractivity contribution in [1.29, 1.82) is 0 Å². The molecule has 0 aliphatic heterocycles. The highest BCUT2D eigenvalue weighted by Gasteiger charge is 2.33. The lowest BCUT2D eigenvalue weighted by molar-refractivity contribution is -0.384. The third kappa shape index (κ3) is 6.83. The molecular weight excluding hydrogens is 578 g/mol. The van der Waals surface area contributed by atoms with Crippen molar-refractivity contribution in [2.45, 2.75) is 50.1 Å². The zero-order valence-electron chi connectivity index (χ0n) is 22.8. The number of carbonyl (C=O) groups excluding carboxylic acids is 1. The van der Waals surface area contributed by atoms with Gasteiger partial charge in [0.15, 0.2) is 5.16 Å². The van der Waals surface area contributed by atoms with Gasteiger partial charge in [-0.3, -0.25) is 14.9 Å². The summed E-state index contributed by atoms with van der Waals surface area (Å²) in [6.07, 6.45) is 7.53. The molecule has 5 rings (SSSR count). The Hall–Kier alpha value is -3.60. The first-order valence-corrected chi connectivity index (χ1v) is 15.1. The molecule has 0 bridgehead atoms. The van der Waals surface area contributed by atoms with Crippen molar-refractivity contribution < 1.29 is 9.72 Å². The fraction of sp³-hybridized carbons (Fsp3) is 0.267. The molecule has 2 heterocycles. The summed E-state index contributed by atoms with van der Waals surface area (Å²) in [7, 11) is 0. The van der Waals surface area contributed by atoms with Crippen LogP contribution in [-0.2, 0) is 12.8 Å². The molecule has 2 aromatic carbocycles. The molecule has 0 radical (unpaired) electrons. The molecule has 4 aromatic rings. The van der Waals surface area contributed by atoms with Gasteiger partial charge in [0.2, 0.25) is 0 Å². The van der Waals surface area contributed by atoms with Gasteiger partial charge in [-0.25, -0.2) is 15.0 Å². The van der Waals surface area contributed by atoms with Crippen LogP contribution in [0.1, 0.15) is 53.6 Å². The van der Waals surface area contributed by atoms with Gasteiger partial charge in [0.05, 0.1) is 10.5 Å². The van der Waals surface area contributed by atoms with E-state index >= 15 is 0 Å². The number of thiophene rings is 1. The number of benzene rings is 2. The van der Waals surface area contributed by atoms with Crippen LogP contribution in [0.5, 0.6) is 0 Å². The molecule has 2 aromatic heterocycles. The maximum absolute atomic E-state index is 13.7. The maximum atomic E-state index is 13.7. The second-order valence-corrected chi connectivity index (χ2v) is 13.4. The van der Waals surface area contributed by atoms with Crippen LogP contribution in [0.2, 0.25) is 5.02 Å². The summed E-state index contributed by atoms with van der Waals surface area (Å²) in [4.78, 5) is 40.0. The Morgan fingerprint density at radius 3 is 2.61 bits per heavy atom. The van der Waals surface area contributed by atoms with E-state index < -0.39 is 4.92 Å². The summed E-state index contributed by atoms with van der Waals surface area (Å²) in [5.41, 5.74) is 2.85. The molecule has 210 valence electrons. The van der Waals surface area contributed by atoms with Crippen LogP contribution in [0.4, 0.5) is 16.4 Å². The molecule has 0 saturated heterocycles. The fourth-order valence-corrected chi connectivity index (χ4v) is 6.95. The molecule has 0 saturated carbocycles. The highest BCUT2D eigenvalue weighted by Crippen LogP contribution is 2.45. The predicted octanol–water partition coefficient (Wildman–Crippen LogP) is 8.40. The minimum atomic E-state index is -0.438. The van der Waals surface area contributed by atoms with E-state index in [1.165, 1.54) is 35.2 Å². The number of aromatic nitrogens is 2. The normalized spacial score (nSPS) is 15.1. The smallest absolute Gasteiger partial charge is 0.270 e. The van der Waals surface area contributed by atoms with E-state index in [0.717, 1.165) is 29.7 Å². The van der Waals surface area contributed by atoms with Gasteiger partial charge in [0.25, 0.3) is 11.6 Å². The van der Waals surface area contributed by atoms with Gasteiger partial charge in [-0.15, -0.1) is 11.3 Å². The molecule has 0 spiro atoms. The van der Waals surface area contributed by atoms with Crippen LogP contribution in [-0.4, -0.2) is 27.0 Å². The number of nitro benzene ring substituents is 1. The third-order valence-corrected chi connectivity index (χ3v) is 9.47. The van der Waals surface area contributed by atoms with Crippen molar-refractivity contribution in [3.63, 3.8) is 0 Å². The van der Waals surface area contributed by atoms with E-state index in [1.807, 2.05) is 0 Å². The first-order valence-electron chi connectivity index (χ1n) is 13.1. The van der Waals surface area contributed by atoms with E-state index in [-0.39, 0.29) is 17.0 Å². The fourth-order valence-electron chi connectivity index (χ4n) is 4.77. The summed E-state index contributed by atoms with van der Waals surface area (Å²) >= 11 is 8.84. The maximum Gasteiger partial charge on any atom is 0.270 e. The summed E-state index contributed by atoms with van der Waals surface area (Å²) < 4.78 is 0. The number of nitro groups is 1. The number of fused-ring (bicyclic) bond motifs is 1. The molecular formula is C30H28ClN5O3S2. The van der Waals surface area contributed by atoms with Gasteiger partial charge in [0, 0.05) is 56.8 Å². The van der Waals surface area contributed by atoms with Crippen molar-refractivity contribution in [3.8, 4) is 0 Å². The monoisotopic (exact) mass is 605 g/mol. The number of anilines is 1. The van der Waals surface area contributed by atoms with Crippen molar-refractivity contribution in [3.05, 3.63) is 97.6 Å². The number of carbonyl (C=O) groups is 1. The van der Waals surface area contributed by atoms with Gasteiger partial charge in [-0.1, -0.05) is 32.4 Å². The first-order chi connectivity index (χ1) is 19.6. The molecule has 1 aliphatic rings. The Bertz CT molecular complexity index is 1620. The highest BCUT2D eigenvalue weighted by atomic mass is 35.5. The average Bonchev–Trinajstić information content (AvgIpc) is 3.31. The Balaban J connectivity index is 1.54. The third-order valence-electron chi connectivity index (χ3n) is 7.07. The number of non-ortho nitro benzene ring substituents is 1. The Labute approximate surface area is 251 Å². The van der Waals surface area contributed by atoms with Gasteiger partial charge >= 0.3 is 0 Å². The topological polar surface area (TPSA) is 110 Å². The van der Waals surface area contributed by atoms with Crippen molar-refractivity contribution in [2.75, 3.05) is 5.32 Å². The number of halogens is 1. The molecule has 1 aliphatic carbocycles. The quantitative estimate of drug-likeness (QED) is 0.0980. The van der Waals surface area contributed by atoms with E-state index in [0.29, 0.717) is 42.8 Å². The van der Waals surface area contributed by atoms with E-state index in [2.05, 4.69) is 36.1 Å². The summed E-state index contributed by atoms with van der Waals surface area (Å²) in [6.45, 7) is 6.75. The molecule has 0 unspecified atom stereocenters. The average molecular weight is 606 g/mol. The Morgan fingerprint density at radius 2 is 1.93 bits per heavy atom. The SMILES string of the molecule is CC(C)(C)[C@H]1CCc2c(sc(N=Cc3cc([N+](=O)[O-])ccc3Sc3ncccn3)c2C(=O)Nc2ccc(Cl)cc2)C1. The van der Waals surface area contributed by atoms with E-state index in [1.54, 1.807) is 55.0 Å². The number of hydrogen-bond acceptors (Lipinski definition) is 8. The number of nitrogens with one attached hydrogen (secondary N) is 1. The molecule has 8 nitrogen and oxygen atoms in total. The van der Waals surface area contributed by atoms with Crippen molar-refractivity contribution in [1.82, 2.24) is 9.97 Å². The van der Waals surface area contributed by atoms with Gasteiger partial charge in [-0.2, -0.15) is 0 Å². The minimum absolute atomic E-state index is 0.0519. The van der Waals surface area contributed by atoms with Gasteiger partial charge < -0.3 is 5.32 Å². The van der Waals surface area contributed by atoms with Crippen LogP contribution < -0.4 is 5.32 Å². The van der Waals surface area contributed by atoms with E-state index in [4.69, 9.17) is 16.6 Å². The summed E-state index contributed by atoms with van der Waals surface area (Å²) in [5.74, 6) is 0.251. The van der Waals surface area contributed by atoms with Gasteiger partial charge in [0.1, 0.15) is 5.00 Å². The lowest BCUT2D eigenvalue weighted by atomic mass is 9.72. The van der Waals surface area contributed by atoms with Crippen molar-refractivity contribution in [2.24, 2.45) is 16.3 Å². The van der Waals surface area contributed by atoms with Gasteiger partial charge in [-0.05, 0) is 84.3 Å². The number of hydrogen-bond donors (Lipinski definition) is 1. The summed E-state index contributed by atoms with van der Waals surface area (Å²) in [5, 5.41) is 16.2. The zero-order valence-corrected chi connectivity index (χ0v) is 25.1. The van der Waals surface area contributed by atoms with Crippen LogP contribution in [0.15, 0.2) is 76.0 Å². The Morgan fingerprint density at radius 1 is 1.20 bits per heavy atom. The standard InChI is InChI=1S/C30H28ClN5O3S2/c1-30(2,3)19-5-11-23-25(16-19)40-28(26(23)27(37)35-21-8-6-20(31)7-9-21)34-17-18-15-22(36(38)39)10-12-24(18)41-29-32-13-4-14-33-29/h4,6-10,12-15,17,19H,5,11,16H2,1-3H3,(H,35,37)/t19-/m0/s1. The molecule has 1 amide bonds. The Kier molecular flexibility index (Phi) is 8.53. The number of amides is 1. The second kappa shape index (κ2) is 12.1.